The number of hydrogen-bond donors (Lipinski definition) is 1. The van der Waals surface area contributed by atoms with E-state index in [4.69, 9.17) is 0 Å². The van der Waals surface area contributed by atoms with Gasteiger partial charge in [-0.1, -0.05) is 80.0 Å². The van der Waals surface area contributed by atoms with E-state index in [1.807, 2.05) is 45.0 Å². The van der Waals surface area contributed by atoms with Crippen molar-refractivity contribution in [3.63, 3.8) is 0 Å². The lowest BCUT2D eigenvalue weighted by Crippen LogP contribution is -2.49. The van der Waals surface area contributed by atoms with Crippen molar-refractivity contribution in [1.82, 2.24) is 10.2 Å². The van der Waals surface area contributed by atoms with Crippen LogP contribution in [0.15, 0.2) is 53.0 Å². The van der Waals surface area contributed by atoms with E-state index in [1.165, 1.54) is 5.56 Å². The minimum Gasteiger partial charge on any atom is -0.352 e. The Bertz CT molecular complexity index is 903. The van der Waals surface area contributed by atoms with Crippen molar-refractivity contribution < 1.29 is 9.59 Å². The second-order valence-corrected chi connectivity index (χ2v) is 10.5. The van der Waals surface area contributed by atoms with E-state index in [0.717, 1.165) is 22.0 Å². The van der Waals surface area contributed by atoms with Crippen LogP contribution in [0.3, 0.4) is 0 Å². The van der Waals surface area contributed by atoms with Crippen LogP contribution in [-0.2, 0) is 28.0 Å². The Kier molecular flexibility index (Phi) is 9.50. The molecule has 2 rings (SSSR count). The van der Waals surface area contributed by atoms with Gasteiger partial charge in [0.2, 0.25) is 11.8 Å². The number of rotatable bonds is 9. The summed E-state index contributed by atoms with van der Waals surface area (Å²) < 4.78 is 0.957. The van der Waals surface area contributed by atoms with E-state index >= 15 is 0 Å². The van der Waals surface area contributed by atoms with E-state index in [1.54, 1.807) is 4.90 Å². The van der Waals surface area contributed by atoms with E-state index in [9.17, 15) is 9.59 Å². The van der Waals surface area contributed by atoms with Gasteiger partial charge in [-0.2, -0.15) is 0 Å². The van der Waals surface area contributed by atoms with Crippen LogP contribution in [0.1, 0.15) is 71.1 Å². The van der Waals surface area contributed by atoms with Crippen molar-refractivity contribution in [2.45, 2.75) is 84.8 Å². The van der Waals surface area contributed by atoms with E-state index in [2.05, 4.69) is 66.3 Å². The summed E-state index contributed by atoms with van der Waals surface area (Å²) in [4.78, 5) is 27.8. The standard InChI is InChI=1S/C27H37BrN2O2/c1-7-19(2)29-26(32)20(3)30(18-22-9-8-10-24(28)17-22)25(31)16-13-21-11-14-23(15-12-21)27(4,5)6/h8-12,14-15,17,19-20H,7,13,16,18H2,1-6H3,(H,29,32)/t19-,20+/m0/s1. The maximum Gasteiger partial charge on any atom is 0.242 e. The van der Waals surface area contributed by atoms with Crippen LogP contribution >= 0.6 is 15.9 Å². The summed E-state index contributed by atoms with van der Waals surface area (Å²) in [5, 5.41) is 3.01. The number of aryl methyl sites for hydroxylation is 1. The smallest absolute Gasteiger partial charge is 0.242 e. The Morgan fingerprint density at radius 1 is 1.03 bits per heavy atom. The summed E-state index contributed by atoms with van der Waals surface area (Å²) in [6.45, 7) is 12.8. The van der Waals surface area contributed by atoms with Crippen molar-refractivity contribution in [2.24, 2.45) is 0 Å². The largest absolute Gasteiger partial charge is 0.352 e. The normalized spacial score (nSPS) is 13.3. The fourth-order valence-electron chi connectivity index (χ4n) is 3.45. The van der Waals surface area contributed by atoms with Gasteiger partial charge in [0.25, 0.3) is 0 Å². The van der Waals surface area contributed by atoms with Crippen molar-refractivity contribution in [1.29, 1.82) is 0 Å². The fraction of sp³-hybridized carbons (Fsp3) is 0.481. The van der Waals surface area contributed by atoms with Crippen LogP contribution < -0.4 is 5.32 Å². The maximum absolute atomic E-state index is 13.3. The molecule has 0 aliphatic rings. The minimum atomic E-state index is -0.543. The molecule has 0 heterocycles. The number of benzene rings is 2. The molecule has 0 bridgehead atoms. The highest BCUT2D eigenvalue weighted by Crippen LogP contribution is 2.23. The third-order valence-electron chi connectivity index (χ3n) is 5.86. The SMILES string of the molecule is CC[C@H](C)NC(=O)[C@@H](C)N(Cc1cccc(Br)c1)C(=O)CCc1ccc(C(C)(C)C)cc1. The highest BCUT2D eigenvalue weighted by atomic mass is 79.9. The first kappa shape index (κ1) is 26.1. The lowest BCUT2D eigenvalue weighted by atomic mass is 9.86. The predicted molar refractivity (Wildman–Crippen MR) is 136 cm³/mol. The zero-order valence-electron chi connectivity index (χ0n) is 20.2. The van der Waals surface area contributed by atoms with Crippen molar-refractivity contribution in [3.8, 4) is 0 Å². The van der Waals surface area contributed by atoms with Gasteiger partial charge < -0.3 is 10.2 Å². The fourth-order valence-corrected chi connectivity index (χ4v) is 3.89. The van der Waals surface area contributed by atoms with Gasteiger partial charge in [-0.25, -0.2) is 0 Å². The molecule has 5 heteroatoms. The van der Waals surface area contributed by atoms with Gasteiger partial charge in [0.05, 0.1) is 0 Å². The number of carbonyl (C=O) groups excluding carboxylic acids is 2. The minimum absolute atomic E-state index is 0.0170. The molecular formula is C27H37BrN2O2. The summed E-state index contributed by atoms with van der Waals surface area (Å²) in [5.74, 6) is -0.131. The Morgan fingerprint density at radius 2 is 1.69 bits per heavy atom. The zero-order chi connectivity index (χ0) is 23.9. The van der Waals surface area contributed by atoms with Crippen LogP contribution in [0, 0.1) is 0 Å². The first-order valence-corrected chi connectivity index (χ1v) is 12.2. The molecule has 0 unspecified atom stereocenters. The molecule has 0 spiro atoms. The van der Waals surface area contributed by atoms with Gasteiger partial charge in [-0.15, -0.1) is 0 Å². The van der Waals surface area contributed by atoms with Gasteiger partial charge in [0.1, 0.15) is 6.04 Å². The summed E-state index contributed by atoms with van der Waals surface area (Å²) >= 11 is 3.50. The molecule has 0 aliphatic heterocycles. The topological polar surface area (TPSA) is 49.4 Å². The number of nitrogens with one attached hydrogen (secondary N) is 1. The highest BCUT2D eigenvalue weighted by molar-refractivity contribution is 9.10. The molecule has 0 fully saturated rings. The monoisotopic (exact) mass is 500 g/mol. The predicted octanol–water partition coefficient (Wildman–Crippen LogP) is 6.01. The molecular weight excluding hydrogens is 464 g/mol. The number of carbonyl (C=O) groups is 2. The Labute approximate surface area is 201 Å². The number of nitrogens with zero attached hydrogens (tertiary/aromatic N) is 1. The zero-order valence-corrected chi connectivity index (χ0v) is 21.8. The third-order valence-corrected chi connectivity index (χ3v) is 6.35. The molecule has 2 atom stereocenters. The number of amides is 2. The quantitative estimate of drug-likeness (QED) is 0.458. The molecule has 2 aromatic carbocycles. The second-order valence-electron chi connectivity index (χ2n) is 9.59. The molecule has 4 nitrogen and oxygen atoms in total. The van der Waals surface area contributed by atoms with Crippen LogP contribution in [0.4, 0.5) is 0 Å². The summed E-state index contributed by atoms with van der Waals surface area (Å²) in [6, 6.07) is 15.9. The maximum atomic E-state index is 13.3. The van der Waals surface area contributed by atoms with Gasteiger partial charge >= 0.3 is 0 Å². The van der Waals surface area contributed by atoms with Gasteiger partial charge in [-0.05, 0) is 60.9 Å². The first-order valence-electron chi connectivity index (χ1n) is 11.4. The number of halogens is 1. The van der Waals surface area contributed by atoms with Crippen molar-refractivity contribution in [3.05, 3.63) is 69.7 Å². The lowest BCUT2D eigenvalue weighted by molar-refractivity contribution is -0.140. The van der Waals surface area contributed by atoms with Gasteiger partial charge in [0, 0.05) is 23.5 Å². The number of hydrogen-bond acceptors (Lipinski definition) is 2. The Balaban J connectivity index is 2.14. The van der Waals surface area contributed by atoms with E-state index in [-0.39, 0.29) is 23.3 Å². The first-order chi connectivity index (χ1) is 15.0. The van der Waals surface area contributed by atoms with Crippen LogP contribution in [0.25, 0.3) is 0 Å². The van der Waals surface area contributed by atoms with Gasteiger partial charge in [0.15, 0.2) is 0 Å². The highest BCUT2D eigenvalue weighted by Gasteiger charge is 2.26. The van der Waals surface area contributed by atoms with Crippen LogP contribution in [-0.4, -0.2) is 28.8 Å². The molecule has 0 saturated carbocycles. The molecule has 2 amide bonds. The molecule has 0 radical (unpaired) electrons. The van der Waals surface area contributed by atoms with Crippen LogP contribution in [0.2, 0.25) is 0 Å². The average molecular weight is 502 g/mol. The summed E-state index contributed by atoms with van der Waals surface area (Å²) in [5.41, 5.74) is 3.50. The lowest BCUT2D eigenvalue weighted by Gasteiger charge is -2.30. The van der Waals surface area contributed by atoms with E-state index in [0.29, 0.717) is 19.4 Å². The van der Waals surface area contributed by atoms with Crippen molar-refractivity contribution >= 4 is 27.7 Å². The molecule has 2 aromatic rings. The summed E-state index contributed by atoms with van der Waals surface area (Å²) in [6.07, 6.45) is 1.87. The van der Waals surface area contributed by atoms with E-state index < -0.39 is 6.04 Å². The third kappa shape index (κ3) is 7.77. The molecule has 0 aromatic heterocycles. The molecule has 1 N–H and O–H groups in total. The second kappa shape index (κ2) is 11.6. The summed E-state index contributed by atoms with van der Waals surface area (Å²) in [7, 11) is 0. The van der Waals surface area contributed by atoms with Crippen molar-refractivity contribution in [2.75, 3.05) is 0 Å². The van der Waals surface area contributed by atoms with Crippen LogP contribution in [0.5, 0.6) is 0 Å². The Hall–Kier alpha value is -2.14. The molecule has 0 saturated heterocycles. The molecule has 0 aliphatic carbocycles. The van der Waals surface area contributed by atoms with Gasteiger partial charge in [-0.3, -0.25) is 9.59 Å². The molecule has 32 heavy (non-hydrogen) atoms. The molecule has 174 valence electrons. The average Bonchev–Trinajstić information content (AvgIpc) is 2.75. The Morgan fingerprint density at radius 3 is 2.25 bits per heavy atom.